The summed E-state index contributed by atoms with van der Waals surface area (Å²) >= 11 is 0. The number of nitrogens with zero attached hydrogens (tertiary/aromatic N) is 3. The average Bonchev–Trinajstić information content (AvgIpc) is 2.84. The van der Waals surface area contributed by atoms with Crippen molar-refractivity contribution >= 4 is 17.7 Å². The number of rotatable bonds is 8. The van der Waals surface area contributed by atoms with Crippen LogP contribution in [0, 0.1) is 5.92 Å². The Labute approximate surface area is 196 Å². The van der Waals surface area contributed by atoms with Gasteiger partial charge in [0.25, 0.3) is 5.91 Å². The topological polar surface area (TPSA) is 91.4 Å². The third-order valence-electron chi connectivity index (χ3n) is 6.22. The number of carbonyl (C=O) groups excluding carboxylic acids is 3. The maximum absolute atomic E-state index is 12.8. The van der Waals surface area contributed by atoms with E-state index >= 15 is 0 Å². The van der Waals surface area contributed by atoms with Gasteiger partial charge in [-0.3, -0.25) is 14.4 Å². The molecule has 2 aliphatic rings. The van der Waals surface area contributed by atoms with E-state index in [4.69, 9.17) is 9.47 Å². The van der Waals surface area contributed by atoms with Gasteiger partial charge in [-0.1, -0.05) is 0 Å². The molecule has 1 aromatic rings. The Kier molecular flexibility index (Phi) is 8.94. The van der Waals surface area contributed by atoms with E-state index in [9.17, 15) is 14.4 Å². The number of benzene rings is 1. The lowest BCUT2D eigenvalue weighted by molar-refractivity contribution is -0.141. The van der Waals surface area contributed by atoms with Gasteiger partial charge in [-0.25, -0.2) is 0 Å². The van der Waals surface area contributed by atoms with Crippen molar-refractivity contribution in [2.75, 3.05) is 66.1 Å². The number of amides is 3. The highest BCUT2D eigenvalue weighted by Gasteiger charge is 2.31. The first-order valence-electron chi connectivity index (χ1n) is 11.9. The Bertz CT molecular complexity index is 830. The highest BCUT2D eigenvalue weighted by molar-refractivity contribution is 5.97. The van der Waals surface area contributed by atoms with Gasteiger partial charge in [0.05, 0.1) is 19.8 Å². The molecule has 0 radical (unpaired) electrons. The van der Waals surface area contributed by atoms with Crippen molar-refractivity contribution in [2.24, 2.45) is 5.92 Å². The van der Waals surface area contributed by atoms with E-state index in [1.165, 1.54) is 0 Å². The van der Waals surface area contributed by atoms with Gasteiger partial charge in [-0.2, -0.15) is 0 Å². The van der Waals surface area contributed by atoms with E-state index < -0.39 is 0 Å². The fourth-order valence-corrected chi connectivity index (χ4v) is 4.22. The number of likely N-dealkylation sites (N-methyl/N-ethyl adjacent to an activating group) is 1. The molecule has 0 unspecified atom stereocenters. The second-order valence-electron chi connectivity index (χ2n) is 8.49. The van der Waals surface area contributed by atoms with Gasteiger partial charge >= 0.3 is 0 Å². The quantitative estimate of drug-likeness (QED) is 0.628. The van der Waals surface area contributed by atoms with Crippen LogP contribution in [0.5, 0.6) is 11.5 Å². The largest absolute Gasteiger partial charge is 0.490 e. The zero-order valence-electron chi connectivity index (χ0n) is 20.0. The van der Waals surface area contributed by atoms with Gasteiger partial charge in [-0.15, -0.1) is 0 Å². The average molecular weight is 461 g/mol. The normalized spacial score (nSPS) is 17.5. The van der Waals surface area contributed by atoms with E-state index in [1.54, 1.807) is 23.1 Å². The van der Waals surface area contributed by atoms with Crippen molar-refractivity contribution in [2.45, 2.75) is 26.7 Å². The summed E-state index contributed by atoms with van der Waals surface area (Å²) in [6.45, 7) is 9.06. The summed E-state index contributed by atoms with van der Waals surface area (Å²) in [6.07, 6.45) is 1.34. The van der Waals surface area contributed by atoms with Gasteiger partial charge in [0.1, 0.15) is 0 Å². The summed E-state index contributed by atoms with van der Waals surface area (Å²) in [7, 11) is 2.07. The van der Waals surface area contributed by atoms with Gasteiger partial charge < -0.3 is 29.5 Å². The summed E-state index contributed by atoms with van der Waals surface area (Å²) in [6, 6.07) is 4.99. The van der Waals surface area contributed by atoms with Crippen LogP contribution in [0.4, 0.5) is 0 Å². The first-order chi connectivity index (χ1) is 15.9. The highest BCUT2D eigenvalue weighted by Crippen LogP contribution is 2.28. The highest BCUT2D eigenvalue weighted by atomic mass is 16.5. The molecular formula is C24H36N4O5. The molecule has 0 spiro atoms. The number of nitrogens with one attached hydrogen (secondary N) is 1. The molecule has 2 saturated heterocycles. The van der Waals surface area contributed by atoms with E-state index in [0.29, 0.717) is 56.2 Å². The zero-order chi connectivity index (χ0) is 23.8. The van der Waals surface area contributed by atoms with Crippen LogP contribution in [0.25, 0.3) is 0 Å². The summed E-state index contributed by atoms with van der Waals surface area (Å²) < 4.78 is 11.1. The van der Waals surface area contributed by atoms with E-state index in [-0.39, 0.29) is 30.2 Å². The Morgan fingerprint density at radius 2 is 1.55 bits per heavy atom. The first kappa shape index (κ1) is 24.8. The third kappa shape index (κ3) is 6.60. The van der Waals surface area contributed by atoms with E-state index in [2.05, 4.69) is 17.3 Å². The minimum atomic E-state index is -0.340. The molecule has 33 heavy (non-hydrogen) atoms. The second kappa shape index (κ2) is 11.9. The van der Waals surface area contributed by atoms with Crippen LogP contribution in [0.3, 0.4) is 0 Å². The SMILES string of the molecule is CCOc1ccc(C(=O)NCC(=O)N2CCC(C(=O)N3CCN(C)CC3)CC2)cc1OCC. The summed E-state index contributed by atoms with van der Waals surface area (Å²) in [5.74, 6) is 0.806. The molecule has 2 aliphatic heterocycles. The van der Waals surface area contributed by atoms with Crippen LogP contribution in [0.15, 0.2) is 18.2 Å². The molecule has 9 nitrogen and oxygen atoms in total. The molecule has 182 valence electrons. The maximum atomic E-state index is 12.8. The van der Waals surface area contributed by atoms with Crippen LogP contribution < -0.4 is 14.8 Å². The van der Waals surface area contributed by atoms with Gasteiger partial charge in [0.2, 0.25) is 11.8 Å². The molecule has 2 fully saturated rings. The molecule has 9 heteroatoms. The molecule has 0 aliphatic carbocycles. The van der Waals surface area contributed by atoms with Crippen molar-refractivity contribution < 1.29 is 23.9 Å². The summed E-state index contributed by atoms with van der Waals surface area (Å²) in [5, 5.41) is 2.70. The molecule has 0 bridgehead atoms. The van der Waals surface area contributed by atoms with Crippen LogP contribution in [-0.2, 0) is 9.59 Å². The van der Waals surface area contributed by atoms with Gasteiger partial charge in [0.15, 0.2) is 11.5 Å². The van der Waals surface area contributed by atoms with Crippen molar-refractivity contribution in [3.05, 3.63) is 23.8 Å². The number of carbonyl (C=O) groups is 3. The Morgan fingerprint density at radius 1 is 0.909 bits per heavy atom. The molecule has 3 amide bonds. The lowest BCUT2D eigenvalue weighted by Gasteiger charge is -2.37. The lowest BCUT2D eigenvalue weighted by atomic mass is 9.95. The molecule has 0 saturated carbocycles. The van der Waals surface area contributed by atoms with Crippen molar-refractivity contribution in [1.82, 2.24) is 20.0 Å². The predicted molar refractivity (Wildman–Crippen MR) is 124 cm³/mol. The number of hydrogen-bond donors (Lipinski definition) is 1. The lowest BCUT2D eigenvalue weighted by Crippen LogP contribution is -2.51. The second-order valence-corrected chi connectivity index (χ2v) is 8.49. The van der Waals surface area contributed by atoms with Crippen LogP contribution in [0.2, 0.25) is 0 Å². The van der Waals surface area contributed by atoms with Gasteiger partial charge in [-0.05, 0) is 51.9 Å². The Morgan fingerprint density at radius 3 is 2.18 bits per heavy atom. The molecule has 3 rings (SSSR count). The minimum absolute atomic E-state index is 0.0205. The molecular weight excluding hydrogens is 424 g/mol. The van der Waals surface area contributed by atoms with Gasteiger partial charge in [0, 0.05) is 50.7 Å². The van der Waals surface area contributed by atoms with Crippen molar-refractivity contribution in [3.8, 4) is 11.5 Å². The number of ether oxygens (including phenoxy) is 2. The fourth-order valence-electron chi connectivity index (χ4n) is 4.22. The monoisotopic (exact) mass is 460 g/mol. The molecule has 1 N–H and O–H groups in total. The predicted octanol–water partition coefficient (Wildman–Crippen LogP) is 1.23. The Balaban J connectivity index is 1.46. The van der Waals surface area contributed by atoms with Crippen molar-refractivity contribution in [1.29, 1.82) is 0 Å². The van der Waals surface area contributed by atoms with Crippen molar-refractivity contribution in [3.63, 3.8) is 0 Å². The standard InChI is InChI=1S/C24H36N4O5/c1-4-32-20-7-6-19(16-21(20)33-5-2)23(30)25-17-22(29)27-10-8-18(9-11-27)24(31)28-14-12-26(3)13-15-28/h6-7,16,18H,4-5,8-15,17H2,1-3H3,(H,25,30). The van der Waals surface area contributed by atoms with Crippen LogP contribution in [0.1, 0.15) is 37.0 Å². The Hall–Kier alpha value is -2.81. The summed E-state index contributed by atoms with van der Waals surface area (Å²) in [4.78, 5) is 43.9. The molecule has 0 aromatic heterocycles. The third-order valence-corrected chi connectivity index (χ3v) is 6.22. The number of likely N-dealkylation sites (tertiary alicyclic amines) is 1. The molecule has 1 aromatic carbocycles. The fraction of sp³-hybridized carbons (Fsp3) is 0.625. The zero-order valence-corrected chi connectivity index (χ0v) is 20.0. The molecule has 0 atom stereocenters. The number of piperazine rings is 1. The number of piperidine rings is 1. The van der Waals surface area contributed by atoms with E-state index in [0.717, 1.165) is 26.2 Å². The molecule has 2 heterocycles. The summed E-state index contributed by atoms with van der Waals surface area (Å²) in [5.41, 5.74) is 0.409. The van der Waals surface area contributed by atoms with E-state index in [1.807, 2.05) is 18.7 Å². The van der Waals surface area contributed by atoms with Crippen LogP contribution >= 0.6 is 0 Å². The minimum Gasteiger partial charge on any atom is -0.490 e. The first-order valence-corrected chi connectivity index (χ1v) is 11.9. The number of hydrogen-bond acceptors (Lipinski definition) is 6. The van der Waals surface area contributed by atoms with Crippen LogP contribution in [-0.4, -0.2) is 98.5 Å². The maximum Gasteiger partial charge on any atom is 0.251 e. The smallest absolute Gasteiger partial charge is 0.251 e.